The maximum Gasteiger partial charge on any atom is 0.653 e. The van der Waals surface area contributed by atoms with Crippen molar-refractivity contribution >= 4 is 21.1 Å². The van der Waals surface area contributed by atoms with E-state index in [-0.39, 0.29) is 0 Å². The Morgan fingerprint density at radius 1 is 0.893 bits per heavy atom. The molecule has 0 aliphatic carbocycles. The average molecular weight is 415 g/mol. The van der Waals surface area contributed by atoms with E-state index >= 15 is 0 Å². The molecule has 1 radical (unpaired) electrons. The van der Waals surface area contributed by atoms with Crippen molar-refractivity contribution in [1.29, 1.82) is 0 Å². The van der Waals surface area contributed by atoms with Crippen LogP contribution in [0, 0.1) is 11.8 Å². The van der Waals surface area contributed by atoms with E-state index in [0.29, 0.717) is 37.4 Å². The first-order chi connectivity index (χ1) is 13.5. The third-order valence-electron chi connectivity index (χ3n) is 4.91. The predicted octanol–water partition coefficient (Wildman–Crippen LogP) is 5.92. The van der Waals surface area contributed by atoms with Crippen molar-refractivity contribution in [1.82, 2.24) is 0 Å². The lowest BCUT2D eigenvalue weighted by Crippen LogP contribution is -2.31. The fourth-order valence-electron chi connectivity index (χ4n) is 2.88. The van der Waals surface area contributed by atoms with Gasteiger partial charge in [0.15, 0.2) is 0 Å². The average Bonchev–Trinajstić information content (AvgIpc) is 2.67. The van der Waals surface area contributed by atoms with Crippen molar-refractivity contribution in [2.75, 3.05) is 19.8 Å². The summed E-state index contributed by atoms with van der Waals surface area (Å²) >= 11 is -2.35. The lowest BCUT2D eigenvalue weighted by molar-refractivity contribution is -0.137. The predicted molar refractivity (Wildman–Crippen MR) is 116 cm³/mol. The van der Waals surface area contributed by atoms with Gasteiger partial charge in [0.2, 0.25) is 0 Å². The second-order valence-electron chi connectivity index (χ2n) is 7.41. The molecule has 2 atom stereocenters. The van der Waals surface area contributed by atoms with Crippen LogP contribution in [-0.4, -0.2) is 40.9 Å². The molecule has 0 aliphatic heterocycles. The smallest absolute Gasteiger partial charge is 0.653 e. The van der Waals surface area contributed by atoms with E-state index < -0.39 is 21.1 Å². The molecule has 5 nitrogen and oxygen atoms in total. The number of carbonyl (C=O) groups excluding carboxylic acids is 1. The van der Waals surface area contributed by atoms with E-state index in [1.165, 1.54) is 44.6 Å². The normalized spacial score (nSPS) is 14.2. The van der Waals surface area contributed by atoms with Gasteiger partial charge in [-0.25, -0.2) is 4.79 Å². The minimum absolute atomic E-state index is 0.349. The highest BCUT2D eigenvalue weighted by atomic mass is 27.3. The van der Waals surface area contributed by atoms with Crippen molar-refractivity contribution in [2.24, 2.45) is 11.8 Å². The van der Waals surface area contributed by atoms with Crippen LogP contribution in [-0.2, 0) is 20.9 Å². The van der Waals surface area contributed by atoms with Crippen LogP contribution in [0.3, 0.4) is 0 Å². The summed E-state index contributed by atoms with van der Waals surface area (Å²) < 4.78 is 23.1. The Bertz CT molecular complexity index is 394. The molecular formula is C22H43AlO5-. The van der Waals surface area contributed by atoms with Crippen molar-refractivity contribution in [2.45, 2.75) is 92.9 Å². The summed E-state index contributed by atoms with van der Waals surface area (Å²) in [5, 5.41) is 0. The van der Waals surface area contributed by atoms with Crippen LogP contribution in [0.4, 0.5) is 0 Å². The zero-order chi connectivity index (χ0) is 21.2. The summed E-state index contributed by atoms with van der Waals surface area (Å²) in [5.74, 6) is 1.16. The molecule has 28 heavy (non-hydrogen) atoms. The topological polar surface area (TPSA) is 54.0 Å². The van der Waals surface area contributed by atoms with Gasteiger partial charge in [-0.05, 0) is 51.7 Å². The Labute approximate surface area is 178 Å². The Morgan fingerprint density at radius 3 is 1.79 bits per heavy atom. The largest absolute Gasteiger partial charge is 0.777 e. The molecule has 0 aromatic rings. The van der Waals surface area contributed by atoms with Gasteiger partial charge in [0.05, 0.1) is 12.7 Å². The number of hydrogen-bond acceptors (Lipinski definition) is 5. The Balaban J connectivity index is 4.81. The van der Waals surface area contributed by atoms with Crippen molar-refractivity contribution < 1.29 is 20.9 Å². The van der Waals surface area contributed by atoms with Crippen molar-refractivity contribution in [3.8, 4) is 0 Å². The van der Waals surface area contributed by atoms with E-state index in [1.807, 2.05) is 0 Å². The molecule has 0 bridgehead atoms. The van der Waals surface area contributed by atoms with Crippen LogP contribution in [0.5, 0.6) is 0 Å². The third kappa shape index (κ3) is 14.5. The maximum atomic E-state index is 11.7. The molecule has 0 aromatic carbocycles. The van der Waals surface area contributed by atoms with E-state index in [0.717, 1.165) is 12.8 Å². The number of rotatable bonds is 18. The molecule has 0 aromatic heterocycles. The van der Waals surface area contributed by atoms with Gasteiger partial charge in [-0.15, -0.1) is 0 Å². The summed E-state index contributed by atoms with van der Waals surface area (Å²) in [7, 11) is 0. The summed E-state index contributed by atoms with van der Waals surface area (Å²) in [6, 6.07) is 0. The molecule has 0 aliphatic rings. The third-order valence-corrected chi connectivity index (χ3v) is 6.41. The van der Waals surface area contributed by atoms with Gasteiger partial charge in [-0.3, -0.25) is 0 Å². The van der Waals surface area contributed by atoms with Crippen LogP contribution in [0.1, 0.15) is 92.9 Å². The van der Waals surface area contributed by atoms with E-state index in [4.69, 9.17) is 16.1 Å². The molecule has 165 valence electrons. The van der Waals surface area contributed by atoms with Crippen LogP contribution >= 0.6 is 0 Å². The second kappa shape index (κ2) is 18.5. The number of hydrogen-bond donors (Lipinski definition) is 0. The first kappa shape index (κ1) is 27.5. The molecule has 0 fully saturated rings. The highest BCUT2D eigenvalue weighted by Gasteiger charge is 2.17. The molecule has 0 saturated carbocycles. The van der Waals surface area contributed by atoms with E-state index in [1.54, 1.807) is 13.8 Å². The molecule has 2 unspecified atom stereocenters. The highest BCUT2D eigenvalue weighted by Crippen LogP contribution is 2.17. The monoisotopic (exact) mass is 414 g/mol. The van der Waals surface area contributed by atoms with E-state index in [9.17, 15) is 4.79 Å². The van der Waals surface area contributed by atoms with Crippen LogP contribution in [0.25, 0.3) is 0 Å². The molecule has 0 N–H and O–H groups in total. The summed E-state index contributed by atoms with van der Waals surface area (Å²) in [6.45, 7) is 14.0. The molecule has 0 spiro atoms. The Kier molecular flexibility index (Phi) is 18.1. The minimum Gasteiger partial charge on any atom is -0.777 e. The molecule has 0 amide bonds. The fourth-order valence-corrected chi connectivity index (χ4v) is 4.34. The molecule has 6 heteroatoms. The van der Waals surface area contributed by atoms with Crippen LogP contribution in [0.15, 0.2) is 11.8 Å². The zero-order valence-corrected chi connectivity index (χ0v) is 20.3. The number of allylic oxidation sites excluding steroid dienone is 1. The van der Waals surface area contributed by atoms with Crippen LogP contribution < -0.4 is 0 Å². The fraction of sp³-hybridized carbons (Fsp3) is 0.864. The first-order valence-corrected chi connectivity index (χ1v) is 12.7. The number of unbranched alkanes of at least 4 members (excludes halogenated alkanes) is 2. The van der Waals surface area contributed by atoms with Gasteiger partial charge in [0, 0.05) is 5.76 Å². The lowest BCUT2D eigenvalue weighted by Gasteiger charge is -2.33. The van der Waals surface area contributed by atoms with Gasteiger partial charge in [0.1, 0.15) is 0 Å². The van der Waals surface area contributed by atoms with Crippen molar-refractivity contribution in [3.63, 3.8) is 0 Å². The van der Waals surface area contributed by atoms with Gasteiger partial charge >= 0.3 is 21.1 Å². The zero-order valence-electron chi connectivity index (χ0n) is 19.1. The standard InChI is InChI=1S/2C8H17O.C6H10O3.Al/c2*1-3-5-6-8(4-2)7-9;1-3-9-6(8)4-5(2)7;/h2*8H,3-7H2,1-2H3;4,7H,3H2,1-2H3;/q2*-1;;+2/p-1. The highest BCUT2D eigenvalue weighted by molar-refractivity contribution is 6.36. The van der Waals surface area contributed by atoms with Gasteiger partial charge in [-0.2, -0.15) is 0 Å². The SMILES string of the molecule is CCCCC(CC)C[O][Al-]([O]CC(CC)CCCC)[O]C(C)=CC(=O)OCC. The van der Waals surface area contributed by atoms with Gasteiger partial charge < -0.3 is 16.1 Å². The summed E-state index contributed by atoms with van der Waals surface area (Å²) in [5.41, 5.74) is 0. The van der Waals surface area contributed by atoms with Gasteiger partial charge in [-0.1, -0.05) is 66.2 Å². The number of esters is 1. The number of carbonyl (C=O) groups is 1. The number of ether oxygens (including phenoxy) is 1. The van der Waals surface area contributed by atoms with Crippen LogP contribution in [0.2, 0.25) is 0 Å². The second-order valence-corrected chi connectivity index (χ2v) is 8.89. The molecule has 0 rings (SSSR count). The molecule has 0 saturated heterocycles. The summed E-state index contributed by atoms with van der Waals surface area (Å²) in [4.78, 5) is 11.7. The van der Waals surface area contributed by atoms with Crippen molar-refractivity contribution in [3.05, 3.63) is 11.8 Å². The quantitative estimate of drug-likeness (QED) is 0.121. The molecule has 0 heterocycles. The summed E-state index contributed by atoms with van der Waals surface area (Å²) in [6.07, 6.45) is 10.7. The van der Waals surface area contributed by atoms with E-state index in [2.05, 4.69) is 27.7 Å². The maximum absolute atomic E-state index is 11.7. The first-order valence-electron chi connectivity index (χ1n) is 11.2. The Morgan fingerprint density at radius 2 is 1.39 bits per heavy atom. The lowest BCUT2D eigenvalue weighted by atomic mass is 10.0. The Hall–Kier alpha value is -0.538. The van der Waals surface area contributed by atoms with Gasteiger partial charge in [0.25, 0.3) is 0 Å². The molecular weight excluding hydrogens is 371 g/mol. The minimum atomic E-state index is -2.35.